The number of hydrogen-bond acceptors (Lipinski definition) is 4. The van der Waals surface area contributed by atoms with Crippen molar-refractivity contribution in [2.45, 2.75) is 24.2 Å². The van der Waals surface area contributed by atoms with Crippen molar-refractivity contribution in [3.05, 3.63) is 23.8 Å². The first-order valence-corrected chi connectivity index (χ1v) is 6.84. The molecule has 0 radical (unpaired) electrons. The first-order chi connectivity index (χ1) is 8.29. The van der Waals surface area contributed by atoms with E-state index in [2.05, 4.69) is 28.3 Å². The SMILES string of the molecule is COC(=O)CCCc1ccc2c(c1)SCCN2. The predicted octanol–water partition coefficient (Wildman–Crippen LogP) is 2.70. The maximum absolute atomic E-state index is 11.0. The standard InChI is InChI=1S/C13H17NO2S/c1-16-13(15)4-2-3-10-5-6-11-12(9-10)17-8-7-14-11/h5-6,9,14H,2-4,7-8H2,1H3. The number of thioether (sulfide) groups is 1. The fraction of sp³-hybridized carbons (Fsp3) is 0.462. The maximum Gasteiger partial charge on any atom is 0.305 e. The van der Waals surface area contributed by atoms with E-state index in [1.54, 1.807) is 0 Å². The summed E-state index contributed by atoms with van der Waals surface area (Å²) in [6, 6.07) is 6.49. The number of carbonyl (C=O) groups is 1. The fourth-order valence-corrected chi connectivity index (χ4v) is 2.83. The average Bonchev–Trinajstić information content (AvgIpc) is 2.38. The highest BCUT2D eigenvalue weighted by Crippen LogP contribution is 2.31. The average molecular weight is 251 g/mol. The minimum Gasteiger partial charge on any atom is -0.469 e. The highest BCUT2D eigenvalue weighted by Gasteiger charge is 2.09. The second-order valence-corrected chi connectivity index (χ2v) is 5.17. The number of esters is 1. The van der Waals surface area contributed by atoms with Crippen molar-refractivity contribution in [1.82, 2.24) is 0 Å². The van der Waals surface area contributed by atoms with Gasteiger partial charge < -0.3 is 10.1 Å². The molecule has 1 heterocycles. The monoisotopic (exact) mass is 251 g/mol. The molecule has 0 spiro atoms. The molecule has 0 aromatic heterocycles. The van der Waals surface area contributed by atoms with E-state index in [-0.39, 0.29) is 5.97 Å². The molecule has 0 atom stereocenters. The third-order valence-corrected chi connectivity index (χ3v) is 3.85. The number of fused-ring (bicyclic) bond motifs is 1. The van der Waals surface area contributed by atoms with E-state index in [4.69, 9.17) is 0 Å². The molecule has 1 N–H and O–H groups in total. The van der Waals surface area contributed by atoms with Crippen molar-refractivity contribution in [1.29, 1.82) is 0 Å². The summed E-state index contributed by atoms with van der Waals surface area (Å²) in [6.07, 6.45) is 2.28. The first kappa shape index (κ1) is 12.3. The van der Waals surface area contributed by atoms with E-state index in [1.165, 1.54) is 23.3 Å². The molecular weight excluding hydrogens is 234 g/mol. The van der Waals surface area contributed by atoms with Gasteiger partial charge in [-0.05, 0) is 30.5 Å². The Bertz CT molecular complexity index is 406. The zero-order chi connectivity index (χ0) is 12.1. The molecular formula is C13H17NO2S. The topological polar surface area (TPSA) is 38.3 Å². The van der Waals surface area contributed by atoms with E-state index in [9.17, 15) is 4.79 Å². The van der Waals surface area contributed by atoms with Crippen LogP contribution in [0.25, 0.3) is 0 Å². The summed E-state index contributed by atoms with van der Waals surface area (Å²) in [5.74, 6) is 0.998. The summed E-state index contributed by atoms with van der Waals surface area (Å²) in [5, 5.41) is 3.38. The molecule has 0 unspecified atom stereocenters. The van der Waals surface area contributed by atoms with Crippen LogP contribution in [-0.4, -0.2) is 25.4 Å². The molecule has 1 aliphatic heterocycles. The van der Waals surface area contributed by atoms with Crippen LogP contribution in [0.1, 0.15) is 18.4 Å². The zero-order valence-electron chi connectivity index (χ0n) is 9.99. The molecule has 1 aromatic rings. The summed E-state index contributed by atoms with van der Waals surface area (Å²) in [4.78, 5) is 12.3. The van der Waals surface area contributed by atoms with E-state index in [0.29, 0.717) is 6.42 Å². The summed E-state index contributed by atoms with van der Waals surface area (Å²) in [6.45, 7) is 1.04. The van der Waals surface area contributed by atoms with Crippen LogP contribution in [0, 0.1) is 0 Å². The number of rotatable bonds is 4. The normalized spacial score (nSPS) is 13.7. The number of carbonyl (C=O) groups excluding carboxylic acids is 1. The molecule has 1 aromatic carbocycles. The molecule has 17 heavy (non-hydrogen) atoms. The number of methoxy groups -OCH3 is 1. The Labute approximate surface area is 106 Å². The van der Waals surface area contributed by atoms with E-state index in [1.807, 2.05) is 11.8 Å². The van der Waals surface area contributed by atoms with Crippen molar-refractivity contribution in [3.63, 3.8) is 0 Å². The van der Waals surface area contributed by atoms with Crippen molar-refractivity contribution in [3.8, 4) is 0 Å². The number of aryl methyl sites for hydroxylation is 1. The Morgan fingerprint density at radius 1 is 1.53 bits per heavy atom. The van der Waals surface area contributed by atoms with E-state index in [0.717, 1.165) is 25.1 Å². The second kappa shape index (κ2) is 5.96. The lowest BCUT2D eigenvalue weighted by atomic mass is 10.1. The van der Waals surface area contributed by atoms with Crippen molar-refractivity contribution in [2.75, 3.05) is 24.7 Å². The Morgan fingerprint density at radius 2 is 2.41 bits per heavy atom. The number of anilines is 1. The first-order valence-electron chi connectivity index (χ1n) is 5.86. The van der Waals surface area contributed by atoms with E-state index >= 15 is 0 Å². The van der Waals surface area contributed by atoms with Gasteiger partial charge in [-0.15, -0.1) is 11.8 Å². The molecule has 0 amide bonds. The number of ether oxygens (including phenoxy) is 1. The van der Waals surface area contributed by atoms with Crippen molar-refractivity contribution in [2.24, 2.45) is 0 Å². The van der Waals surface area contributed by atoms with Crippen LogP contribution < -0.4 is 5.32 Å². The third kappa shape index (κ3) is 3.40. The van der Waals surface area contributed by atoms with Crippen LogP contribution in [0.3, 0.4) is 0 Å². The van der Waals surface area contributed by atoms with Gasteiger partial charge in [0.1, 0.15) is 0 Å². The summed E-state index contributed by atoms with van der Waals surface area (Å²) >= 11 is 1.89. The van der Waals surface area contributed by atoms with Gasteiger partial charge in [0.25, 0.3) is 0 Å². The lowest BCUT2D eigenvalue weighted by molar-refractivity contribution is -0.140. The lowest BCUT2D eigenvalue weighted by Crippen LogP contribution is -2.10. The molecule has 0 bridgehead atoms. The quantitative estimate of drug-likeness (QED) is 0.835. The van der Waals surface area contributed by atoms with Gasteiger partial charge in [0.05, 0.1) is 7.11 Å². The van der Waals surface area contributed by atoms with Gasteiger partial charge in [-0.25, -0.2) is 0 Å². The van der Waals surface area contributed by atoms with Crippen LogP contribution in [0.15, 0.2) is 23.1 Å². The van der Waals surface area contributed by atoms with Crippen LogP contribution in [0.4, 0.5) is 5.69 Å². The lowest BCUT2D eigenvalue weighted by Gasteiger charge is -2.18. The number of benzene rings is 1. The molecule has 0 saturated carbocycles. The van der Waals surface area contributed by atoms with Gasteiger partial charge >= 0.3 is 5.97 Å². The predicted molar refractivity (Wildman–Crippen MR) is 70.6 cm³/mol. The molecule has 1 aliphatic rings. The molecule has 0 saturated heterocycles. The van der Waals surface area contributed by atoms with Crippen molar-refractivity contribution >= 4 is 23.4 Å². The molecule has 0 aliphatic carbocycles. The minimum atomic E-state index is -0.126. The molecule has 3 nitrogen and oxygen atoms in total. The van der Waals surface area contributed by atoms with Crippen LogP contribution in [0.5, 0.6) is 0 Å². The van der Waals surface area contributed by atoms with E-state index < -0.39 is 0 Å². The highest BCUT2D eigenvalue weighted by atomic mass is 32.2. The number of nitrogens with one attached hydrogen (secondary N) is 1. The molecule has 2 rings (SSSR count). The Kier molecular flexibility index (Phi) is 4.31. The summed E-state index contributed by atoms with van der Waals surface area (Å²) in [5.41, 5.74) is 2.53. The second-order valence-electron chi connectivity index (χ2n) is 4.04. The Hall–Kier alpha value is -1.16. The van der Waals surface area contributed by atoms with Gasteiger partial charge in [-0.2, -0.15) is 0 Å². The number of hydrogen-bond donors (Lipinski definition) is 1. The van der Waals surface area contributed by atoms with Gasteiger partial charge in [-0.3, -0.25) is 4.79 Å². The summed E-state index contributed by atoms with van der Waals surface area (Å²) in [7, 11) is 1.43. The molecule has 0 fully saturated rings. The van der Waals surface area contributed by atoms with Gasteiger partial charge in [0, 0.05) is 29.3 Å². The molecule has 4 heteroatoms. The van der Waals surface area contributed by atoms with Gasteiger partial charge in [-0.1, -0.05) is 6.07 Å². The maximum atomic E-state index is 11.0. The smallest absolute Gasteiger partial charge is 0.305 e. The Morgan fingerprint density at radius 3 is 3.24 bits per heavy atom. The van der Waals surface area contributed by atoms with Gasteiger partial charge in [0.2, 0.25) is 0 Å². The fourth-order valence-electron chi connectivity index (χ4n) is 1.87. The zero-order valence-corrected chi connectivity index (χ0v) is 10.8. The van der Waals surface area contributed by atoms with Gasteiger partial charge in [0.15, 0.2) is 0 Å². The highest BCUT2D eigenvalue weighted by molar-refractivity contribution is 7.99. The largest absolute Gasteiger partial charge is 0.469 e. The Balaban J connectivity index is 1.91. The third-order valence-electron chi connectivity index (χ3n) is 2.80. The minimum absolute atomic E-state index is 0.126. The molecule has 92 valence electrons. The van der Waals surface area contributed by atoms with Crippen LogP contribution >= 0.6 is 11.8 Å². The van der Waals surface area contributed by atoms with Crippen LogP contribution in [-0.2, 0) is 16.0 Å². The summed E-state index contributed by atoms with van der Waals surface area (Å²) < 4.78 is 4.63. The van der Waals surface area contributed by atoms with Crippen LogP contribution in [0.2, 0.25) is 0 Å². The van der Waals surface area contributed by atoms with Crippen molar-refractivity contribution < 1.29 is 9.53 Å².